The second kappa shape index (κ2) is 11.3. The van der Waals surface area contributed by atoms with Crippen LogP contribution in [0.15, 0.2) is 54.7 Å². The van der Waals surface area contributed by atoms with Crippen LogP contribution in [-0.2, 0) is 29.7 Å². The molecule has 2 aromatic carbocycles. The lowest BCUT2D eigenvalue weighted by molar-refractivity contribution is 0.139. The van der Waals surface area contributed by atoms with Gasteiger partial charge in [0.2, 0.25) is 0 Å². The summed E-state index contributed by atoms with van der Waals surface area (Å²) in [7, 11) is -4.19. The van der Waals surface area contributed by atoms with Crippen LogP contribution in [0, 0.1) is 0 Å². The van der Waals surface area contributed by atoms with Crippen LogP contribution in [-0.4, -0.2) is 53.6 Å². The number of aromatic hydroxyl groups is 1. The zero-order valence-corrected chi connectivity index (χ0v) is 21.4. The van der Waals surface area contributed by atoms with Gasteiger partial charge < -0.3 is 14.6 Å². The molecule has 0 spiro atoms. The minimum atomic E-state index is -4.19. The number of hydrogen-bond donors (Lipinski definition) is 3. The molecule has 192 valence electrons. The normalized spacial score (nSPS) is 18.8. The molecule has 1 saturated heterocycles. The Labute approximate surface area is 212 Å². The van der Waals surface area contributed by atoms with Crippen LogP contribution < -0.4 is 14.6 Å². The van der Waals surface area contributed by atoms with E-state index in [0.29, 0.717) is 24.9 Å². The van der Waals surface area contributed by atoms with Gasteiger partial charge in [-0.05, 0) is 62.1 Å². The number of benzene rings is 2. The van der Waals surface area contributed by atoms with Gasteiger partial charge in [-0.1, -0.05) is 24.3 Å². The van der Waals surface area contributed by atoms with E-state index in [1.807, 2.05) is 6.07 Å². The Kier molecular flexibility index (Phi) is 8.20. The van der Waals surface area contributed by atoms with Crippen LogP contribution >= 0.6 is 0 Å². The molecule has 3 aromatic rings. The zero-order chi connectivity index (χ0) is 25.7. The van der Waals surface area contributed by atoms with Crippen LogP contribution in [0.5, 0.6) is 11.5 Å². The van der Waals surface area contributed by atoms with Crippen LogP contribution in [0.4, 0.5) is 0 Å². The van der Waals surface area contributed by atoms with E-state index in [1.54, 1.807) is 12.3 Å². The summed E-state index contributed by atoms with van der Waals surface area (Å²) >= 11 is 0. The summed E-state index contributed by atoms with van der Waals surface area (Å²) in [5.74, 6) is 0.283. The molecule has 10 heteroatoms. The number of aromatic nitrogens is 2. The average Bonchev–Trinajstić information content (AvgIpc) is 2.83. The van der Waals surface area contributed by atoms with Gasteiger partial charge in [-0.25, -0.2) is 9.97 Å². The van der Waals surface area contributed by atoms with Gasteiger partial charge >= 0.3 is 10.3 Å². The quantitative estimate of drug-likeness (QED) is 0.400. The van der Waals surface area contributed by atoms with E-state index in [1.165, 1.54) is 17.7 Å². The van der Waals surface area contributed by atoms with E-state index in [0.717, 1.165) is 48.7 Å². The second-order valence-corrected chi connectivity index (χ2v) is 10.5. The Morgan fingerprint density at radius 3 is 2.75 bits per heavy atom. The number of nitrogens with one attached hydrogen (secondary N) is 1. The standard InChI is InChI=1S/C26H33N5O4S/c1-18-16-31(19(2)15-29-18)17-21-6-3-7-22(13-21)23-11-12-28-26(30-23)8-4-5-20-9-10-25(24(32)14-20)35-36(27,33)34/h3,6-7,9-14,18-19,29,32H,4-5,8,15-17H2,1-2H3,(H2,27,33,34)/t18-,19-/m0/s1. The minimum absolute atomic E-state index is 0.194. The number of rotatable bonds is 9. The molecule has 0 aliphatic carbocycles. The van der Waals surface area contributed by atoms with Gasteiger partial charge in [-0.2, -0.15) is 13.6 Å². The van der Waals surface area contributed by atoms with Crippen molar-refractivity contribution < 1.29 is 17.7 Å². The smallest absolute Gasteiger partial charge is 0.380 e. The van der Waals surface area contributed by atoms with E-state index < -0.39 is 10.3 Å². The highest BCUT2D eigenvalue weighted by atomic mass is 32.2. The van der Waals surface area contributed by atoms with Gasteiger partial charge in [0, 0.05) is 49.9 Å². The van der Waals surface area contributed by atoms with E-state index in [2.05, 4.69) is 57.5 Å². The van der Waals surface area contributed by atoms with E-state index in [4.69, 9.17) is 10.1 Å². The lowest BCUT2D eigenvalue weighted by Gasteiger charge is -2.37. The fourth-order valence-electron chi connectivity index (χ4n) is 4.43. The van der Waals surface area contributed by atoms with Crippen molar-refractivity contribution in [3.05, 3.63) is 71.7 Å². The minimum Gasteiger partial charge on any atom is -0.504 e. The van der Waals surface area contributed by atoms with Gasteiger partial charge in [0.1, 0.15) is 5.82 Å². The van der Waals surface area contributed by atoms with E-state index in [-0.39, 0.29) is 11.5 Å². The first-order valence-electron chi connectivity index (χ1n) is 12.1. The van der Waals surface area contributed by atoms with Crippen molar-refractivity contribution in [1.82, 2.24) is 20.2 Å². The van der Waals surface area contributed by atoms with Gasteiger partial charge in [-0.3, -0.25) is 4.90 Å². The molecule has 4 rings (SSSR count). The number of phenols is 1. The van der Waals surface area contributed by atoms with Crippen molar-refractivity contribution in [2.45, 2.75) is 51.7 Å². The number of phenolic OH excluding ortho intramolecular Hbond substituents is 1. The Balaban J connectivity index is 1.37. The number of nitrogens with two attached hydrogens (primary N) is 1. The summed E-state index contributed by atoms with van der Waals surface area (Å²) in [6, 6.07) is 16.0. The Morgan fingerprint density at radius 1 is 1.14 bits per heavy atom. The topological polar surface area (TPSA) is 131 Å². The lowest BCUT2D eigenvalue weighted by atomic mass is 10.0. The molecule has 0 saturated carbocycles. The first-order valence-corrected chi connectivity index (χ1v) is 13.6. The molecule has 1 aromatic heterocycles. The maximum atomic E-state index is 11.1. The molecule has 9 nitrogen and oxygen atoms in total. The molecule has 36 heavy (non-hydrogen) atoms. The van der Waals surface area contributed by atoms with Crippen molar-refractivity contribution in [1.29, 1.82) is 0 Å². The average molecular weight is 512 g/mol. The largest absolute Gasteiger partial charge is 0.504 e. The highest BCUT2D eigenvalue weighted by Gasteiger charge is 2.22. The van der Waals surface area contributed by atoms with Crippen LogP contribution in [0.3, 0.4) is 0 Å². The summed E-state index contributed by atoms with van der Waals surface area (Å²) < 4.78 is 26.7. The summed E-state index contributed by atoms with van der Waals surface area (Å²) in [6.45, 7) is 7.42. The second-order valence-electron chi connectivity index (χ2n) is 9.38. The van der Waals surface area contributed by atoms with E-state index in [9.17, 15) is 13.5 Å². The molecule has 1 aliphatic rings. The Hall–Kier alpha value is -3.05. The maximum Gasteiger partial charge on any atom is 0.380 e. The highest BCUT2D eigenvalue weighted by Crippen LogP contribution is 2.28. The van der Waals surface area contributed by atoms with Crippen LogP contribution in [0.1, 0.15) is 37.2 Å². The monoisotopic (exact) mass is 511 g/mol. The SMILES string of the molecule is C[C@H]1CN(Cc2cccc(-c3ccnc(CCCc4ccc(OS(N)(=O)=O)c(O)c4)n3)c2)[C@@H](C)CN1. The number of aryl methyl sites for hydroxylation is 2. The summed E-state index contributed by atoms with van der Waals surface area (Å²) in [5, 5.41) is 18.4. The molecule has 0 bridgehead atoms. The van der Waals surface area contributed by atoms with Crippen molar-refractivity contribution in [3.8, 4) is 22.8 Å². The molecule has 0 radical (unpaired) electrons. The Morgan fingerprint density at radius 2 is 1.97 bits per heavy atom. The first-order chi connectivity index (χ1) is 17.2. The first kappa shape index (κ1) is 26.0. The van der Waals surface area contributed by atoms with Crippen LogP contribution in [0.2, 0.25) is 0 Å². The van der Waals surface area contributed by atoms with Gasteiger partial charge in [-0.15, -0.1) is 0 Å². The summed E-state index contributed by atoms with van der Waals surface area (Å²) in [4.78, 5) is 11.7. The molecule has 2 atom stereocenters. The molecular weight excluding hydrogens is 478 g/mol. The van der Waals surface area contributed by atoms with Gasteiger partial charge in [0.15, 0.2) is 11.5 Å². The van der Waals surface area contributed by atoms with Crippen molar-refractivity contribution in [2.75, 3.05) is 13.1 Å². The number of hydrogen-bond acceptors (Lipinski definition) is 8. The third-order valence-corrected chi connectivity index (χ3v) is 6.71. The molecule has 2 heterocycles. The van der Waals surface area contributed by atoms with Crippen LogP contribution in [0.25, 0.3) is 11.3 Å². The van der Waals surface area contributed by atoms with Gasteiger partial charge in [0.25, 0.3) is 0 Å². The fourth-order valence-corrected chi connectivity index (χ4v) is 4.82. The predicted molar refractivity (Wildman–Crippen MR) is 139 cm³/mol. The molecule has 1 fully saturated rings. The number of piperazine rings is 1. The zero-order valence-electron chi connectivity index (χ0n) is 20.6. The lowest BCUT2D eigenvalue weighted by Crippen LogP contribution is -2.53. The van der Waals surface area contributed by atoms with E-state index >= 15 is 0 Å². The highest BCUT2D eigenvalue weighted by molar-refractivity contribution is 7.84. The molecular formula is C26H33N5O4S. The number of nitrogens with zero attached hydrogens (tertiary/aromatic N) is 3. The maximum absolute atomic E-state index is 11.1. The Bertz CT molecular complexity index is 1300. The molecule has 1 aliphatic heterocycles. The van der Waals surface area contributed by atoms with Crippen molar-refractivity contribution in [3.63, 3.8) is 0 Å². The fraction of sp³-hybridized carbons (Fsp3) is 0.385. The molecule has 0 amide bonds. The van der Waals surface area contributed by atoms with Gasteiger partial charge in [0.05, 0.1) is 5.69 Å². The predicted octanol–water partition coefficient (Wildman–Crippen LogP) is 2.79. The molecule has 0 unspecified atom stereocenters. The molecule has 4 N–H and O–H groups in total. The summed E-state index contributed by atoms with van der Waals surface area (Å²) in [5.41, 5.74) is 4.07. The van der Waals surface area contributed by atoms with Crippen molar-refractivity contribution in [2.24, 2.45) is 5.14 Å². The summed E-state index contributed by atoms with van der Waals surface area (Å²) in [6.07, 6.45) is 3.88. The van der Waals surface area contributed by atoms with Crippen molar-refractivity contribution >= 4 is 10.3 Å². The third-order valence-electron chi connectivity index (χ3n) is 6.30. The third kappa shape index (κ3) is 7.23.